The van der Waals surface area contributed by atoms with E-state index in [0.29, 0.717) is 32.0 Å². The quantitative estimate of drug-likeness (QED) is 0.483. The highest BCUT2D eigenvalue weighted by molar-refractivity contribution is 7.98. The average Bonchev–Trinajstić information content (AvgIpc) is 2.85. The van der Waals surface area contributed by atoms with Crippen LogP contribution in [0.2, 0.25) is 0 Å². The maximum Gasteiger partial charge on any atom is 0.416 e. The first-order chi connectivity index (χ1) is 17.1. The molecule has 2 amide bonds. The molecule has 3 N–H and O–H groups in total. The van der Waals surface area contributed by atoms with Crippen molar-refractivity contribution in [1.29, 1.82) is 0 Å². The molecule has 0 radical (unpaired) electrons. The van der Waals surface area contributed by atoms with Crippen LogP contribution in [-0.4, -0.2) is 59.8 Å². The molecule has 1 heterocycles. The van der Waals surface area contributed by atoms with Gasteiger partial charge in [-0.25, -0.2) is 0 Å². The predicted octanol–water partition coefficient (Wildman–Crippen LogP) is 3.79. The Kier molecular flexibility index (Phi) is 7.96. The summed E-state index contributed by atoms with van der Waals surface area (Å²) in [6.45, 7) is 1.08. The maximum absolute atomic E-state index is 12.8. The number of rotatable bonds is 7. The lowest BCUT2D eigenvalue weighted by Crippen LogP contribution is -2.63. The largest absolute Gasteiger partial charge is 0.416 e. The zero-order valence-electron chi connectivity index (χ0n) is 20.0. The summed E-state index contributed by atoms with van der Waals surface area (Å²) >= 11 is 1.66. The lowest BCUT2D eigenvalue weighted by atomic mass is 9.76. The summed E-state index contributed by atoms with van der Waals surface area (Å²) in [6.07, 6.45) is 0.583. The molecule has 2 aliphatic rings. The number of benzene rings is 2. The van der Waals surface area contributed by atoms with Gasteiger partial charge in [0.05, 0.1) is 23.8 Å². The van der Waals surface area contributed by atoms with E-state index in [1.807, 2.05) is 24.5 Å². The minimum Gasteiger partial charge on any atom is -0.385 e. The van der Waals surface area contributed by atoms with Crippen molar-refractivity contribution < 1.29 is 27.9 Å². The molecule has 2 aromatic carbocycles. The minimum atomic E-state index is -4.54. The first-order valence-corrected chi connectivity index (χ1v) is 13.2. The van der Waals surface area contributed by atoms with Crippen LogP contribution in [-0.2, 0) is 16.6 Å². The van der Waals surface area contributed by atoms with Gasteiger partial charge < -0.3 is 15.7 Å². The molecule has 1 saturated heterocycles. The number of hydrogen-bond donors (Lipinski definition) is 3. The van der Waals surface area contributed by atoms with Crippen LogP contribution in [0.4, 0.5) is 13.2 Å². The molecule has 2 aromatic rings. The number of carbonyl (C=O) groups is 2. The topological polar surface area (TPSA) is 81.7 Å². The smallest absolute Gasteiger partial charge is 0.385 e. The number of aliphatic hydroxyl groups is 1. The molecule has 194 valence electrons. The van der Waals surface area contributed by atoms with Crippen molar-refractivity contribution >= 4 is 23.6 Å². The highest BCUT2D eigenvalue weighted by Gasteiger charge is 2.40. The van der Waals surface area contributed by atoms with Gasteiger partial charge in [0.2, 0.25) is 5.91 Å². The van der Waals surface area contributed by atoms with Crippen molar-refractivity contribution in [2.24, 2.45) is 0 Å². The number of hydrogen-bond acceptors (Lipinski definition) is 5. The normalized spacial score (nSPS) is 23.1. The van der Waals surface area contributed by atoms with Crippen LogP contribution >= 0.6 is 11.8 Å². The Hall–Kier alpha value is -2.56. The van der Waals surface area contributed by atoms with Gasteiger partial charge in [0.1, 0.15) is 0 Å². The molecule has 0 aromatic heterocycles. The summed E-state index contributed by atoms with van der Waals surface area (Å²) in [6, 6.07) is 12.5. The molecular weight excluding hydrogens is 491 g/mol. The van der Waals surface area contributed by atoms with Gasteiger partial charge in [-0.1, -0.05) is 18.2 Å². The van der Waals surface area contributed by atoms with Gasteiger partial charge in [-0.15, -0.1) is 11.8 Å². The third-order valence-corrected chi connectivity index (χ3v) is 7.77. The van der Waals surface area contributed by atoms with Crippen LogP contribution in [0.1, 0.15) is 47.2 Å². The highest BCUT2D eigenvalue weighted by Crippen LogP contribution is 2.40. The van der Waals surface area contributed by atoms with E-state index in [1.54, 1.807) is 11.8 Å². The number of halogens is 3. The van der Waals surface area contributed by atoms with E-state index in [2.05, 4.69) is 21.6 Å². The molecule has 1 aliphatic carbocycles. The molecular formula is C26H30F3N3O3S. The van der Waals surface area contributed by atoms with Gasteiger partial charge in [0.15, 0.2) is 0 Å². The second-order valence-electron chi connectivity index (χ2n) is 9.47. The fraction of sp³-hybridized carbons (Fsp3) is 0.462. The molecule has 0 bridgehead atoms. The summed E-state index contributed by atoms with van der Waals surface area (Å²) in [5.41, 5.74) is -0.902. The highest BCUT2D eigenvalue weighted by atomic mass is 32.2. The van der Waals surface area contributed by atoms with Crippen LogP contribution in [0.5, 0.6) is 0 Å². The summed E-state index contributed by atoms with van der Waals surface area (Å²) in [5.74, 6) is -1.11. The van der Waals surface area contributed by atoms with Crippen LogP contribution in [0.3, 0.4) is 0 Å². The van der Waals surface area contributed by atoms with Crippen molar-refractivity contribution in [2.45, 2.75) is 54.4 Å². The number of nitrogens with zero attached hydrogens (tertiary/aromatic N) is 1. The Morgan fingerprint density at radius 2 is 1.81 bits per heavy atom. The lowest BCUT2D eigenvalue weighted by Gasteiger charge is -2.48. The van der Waals surface area contributed by atoms with E-state index in [-0.39, 0.29) is 24.1 Å². The van der Waals surface area contributed by atoms with Crippen molar-refractivity contribution in [3.05, 3.63) is 65.2 Å². The molecule has 2 fully saturated rings. The molecule has 10 heteroatoms. The number of amides is 2. The monoisotopic (exact) mass is 521 g/mol. The van der Waals surface area contributed by atoms with E-state index < -0.39 is 23.2 Å². The zero-order chi connectivity index (χ0) is 25.9. The summed E-state index contributed by atoms with van der Waals surface area (Å²) in [7, 11) is 0. The molecule has 36 heavy (non-hydrogen) atoms. The number of carbonyl (C=O) groups excluding carboxylic acids is 2. The zero-order valence-corrected chi connectivity index (χ0v) is 20.8. The standard InChI is InChI=1S/C26H30F3N3O3S/c1-36-22-7-3-5-18(13-22)25(35)10-8-21(9-11-25)32-15-20(16-32)31-23(33)14-30-24(34)17-4-2-6-19(12-17)26(27,28)29/h2-7,12-13,20-21,35H,8-11,14-16H2,1H3,(H,30,34)(H,31,33)/t21-,25-. The molecule has 0 spiro atoms. The Morgan fingerprint density at radius 3 is 2.47 bits per heavy atom. The van der Waals surface area contributed by atoms with Crippen molar-refractivity contribution in [2.75, 3.05) is 25.9 Å². The summed E-state index contributed by atoms with van der Waals surface area (Å²) in [4.78, 5) is 27.8. The van der Waals surface area contributed by atoms with Gasteiger partial charge >= 0.3 is 6.18 Å². The lowest BCUT2D eigenvalue weighted by molar-refractivity contribution is -0.137. The fourth-order valence-electron chi connectivity index (χ4n) is 4.93. The van der Waals surface area contributed by atoms with Gasteiger partial charge in [0, 0.05) is 29.6 Å². The Labute approximate surface area is 212 Å². The first-order valence-electron chi connectivity index (χ1n) is 11.9. The van der Waals surface area contributed by atoms with Gasteiger partial charge in [-0.05, 0) is 67.8 Å². The van der Waals surface area contributed by atoms with Crippen molar-refractivity contribution in [3.8, 4) is 0 Å². The SMILES string of the molecule is CSc1cccc([C@]2(O)CC[C@H](N3CC(NC(=O)CNC(=O)c4cccc(C(F)(F)F)c4)C3)CC2)c1. The first kappa shape index (κ1) is 26.5. The fourth-order valence-corrected chi connectivity index (χ4v) is 5.39. The predicted molar refractivity (Wildman–Crippen MR) is 132 cm³/mol. The van der Waals surface area contributed by atoms with Crippen LogP contribution in [0, 0.1) is 0 Å². The average molecular weight is 522 g/mol. The molecule has 4 rings (SSSR count). The number of thioether (sulfide) groups is 1. The van der Waals surface area contributed by atoms with Crippen LogP contribution in [0.15, 0.2) is 53.4 Å². The van der Waals surface area contributed by atoms with E-state index >= 15 is 0 Å². The Morgan fingerprint density at radius 1 is 1.11 bits per heavy atom. The maximum atomic E-state index is 12.8. The number of alkyl halides is 3. The van der Waals surface area contributed by atoms with Gasteiger partial charge in [-0.2, -0.15) is 13.2 Å². The van der Waals surface area contributed by atoms with Crippen LogP contribution in [0.25, 0.3) is 0 Å². The van der Waals surface area contributed by atoms with E-state index in [4.69, 9.17) is 0 Å². The molecule has 1 aliphatic heterocycles. The number of likely N-dealkylation sites (tertiary alicyclic amines) is 1. The third-order valence-electron chi connectivity index (χ3n) is 7.04. The van der Waals surface area contributed by atoms with Gasteiger partial charge in [0.25, 0.3) is 5.91 Å². The molecule has 0 atom stereocenters. The second kappa shape index (κ2) is 10.8. The van der Waals surface area contributed by atoms with Gasteiger partial charge in [-0.3, -0.25) is 14.5 Å². The van der Waals surface area contributed by atoms with Crippen molar-refractivity contribution in [1.82, 2.24) is 15.5 Å². The van der Waals surface area contributed by atoms with Crippen molar-refractivity contribution in [3.63, 3.8) is 0 Å². The Balaban J connectivity index is 1.18. The minimum absolute atomic E-state index is 0.0398. The van der Waals surface area contributed by atoms with E-state index in [0.717, 1.165) is 41.5 Å². The van der Waals surface area contributed by atoms with Crippen LogP contribution < -0.4 is 10.6 Å². The summed E-state index contributed by atoms with van der Waals surface area (Å²) < 4.78 is 38.5. The third kappa shape index (κ3) is 6.22. The molecule has 1 saturated carbocycles. The molecule has 6 nitrogen and oxygen atoms in total. The van der Waals surface area contributed by atoms with E-state index in [9.17, 15) is 27.9 Å². The Bertz CT molecular complexity index is 1100. The summed E-state index contributed by atoms with van der Waals surface area (Å²) in [5, 5.41) is 16.4. The number of nitrogens with one attached hydrogen (secondary N) is 2. The molecule has 0 unspecified atom stereocenters. The van der Waals surface area contributed by atoms with E-state index in [1.165, 1.54) is 6.07 Å². The second-order valence-corrected chi connectivity index (χ2v) is 10.4.